The van der Waals surface area contributed by atoms with Gasteiger partial charge in [-0.3, -0.25) is 9.59 Å². The second kappa shape index (κ2) is 57.7. The van der Waals surface area contributed by atoms with Crippen LogP contribution in [0.4, 0.5) is 0 Å². The molecule has 3 N–H and O–H groups in total. The smallest absolute Gasteiger partial charge is 0.305 e. The van der Waals surface area contributed by atoms with Gasteiger partial charge in [-0.25, -0.2) is 0 Å². The fraction of sp³-hybridized carbons (Fsp3) is 0.871. The lowest BCUT2D eigenvalue weighted by Crippen LogP contribution is -2.45. The predicted octanol–water partition coefficient (Wildman–Crippen LogP) is 18.8. The van der Waals surface area contributed by atoms with Crippen LogP contribution >= 0.6 is 0 Å². The molecule has 0 aliphatic rings. The highest BCUT2D eigenvalue weighted by Gasteiger charge is 2.18. The van der Waals surface area contributed by atoms with Crippen LogP contribution in [0.15, 0.2) is 36.5 Å². The van der Waals surface area contributed by atoms with Gasteiger partial charge in [0.15, 0.2) is 0 Å². The van der Waals surface area contributed by atoms with E-state index in [1.165, 1.54) is 225 Å². The number of nitrogens with one attached hydrogen (secondary N) is 1. The van der Waals surface area contributed by atoms with Crippen molar-refractivity contribution >= 4 is 11.9 Å². The molecule has 0 saturated carbocycles. The van der Waals surface area contributed by atoms with Gasteiger partial charge in [0.05, 0.1) is 25.4 Å². The topological polar surface area (TPSA) is 95.9 Å². The summed E-state index contributed by atoms with van der Waals surface area (Å²) in [5, 5.41) is 23.2. The van der Waals surface area contributed by atoms with Crippen molar-refractivity contribution in [2.45, 2.75) is 334 Å². The number of ether oxygens (including phenoxy) is 1. The minimum atomic E-state index is -0.856. The highest BCUT2D eigenvalue weighted by atomic mass is 16.5. The lowest BCUT2D eigenvalue weighted by atomic mass is 10.0. The number of hydrogen-bond acceptors (Lipinski definition) is 5. The Kier molecular flexibility index (Phi) is 56.0. The van der Waals surface area contributed by atoms with Crippen molar-refractivity contribution in [3.8, 4) is 0 Å². The van der Waals surface area contributed by atoms with Gasteiger partial charge in [0, 0.05) is 12.8 Å². The van der Waals surface area contributed by atoms with Gasteiger partial charge in [-0.15, -0.1) is 0 Å². The van der Waals surface area contributed by atoms with Gasteiger partial charge in [-0.1, -0.05) is 262 Å². The van der Waals surface area contributed by atoms with E-state index >= 15 is 0 Å². The van der Waals surface area contributed by atoms with Gasteiger partial charge < -0.3 is 20.3 Å². The molecule has 68 heavy (non-hydrogen) atoms. The van der Waals surface area contributed by atoms with E-state index in [2.05, 4.69) is 43.5 Å². The molecule has 0 aliphatic heterocycles. The number of esters is 1. The van der Waals surface area contributed by atoms with Crippen LogP contribution in [0, 0.1) is 0 Å². The standard InChI is InChI=1S/C62H117NO5/c1-3-5-7-9-11-13-15-17-18-19-20-21-22-23-24-25-26-28-31-34-38-42-46-50-54-60(65)59(58-64)63-61(66)55-51-47-43-39-35-32-29-27-30-33-37-41-45-49-53-57-68-62(67)56-52-48-44-40-36-16-14-12-10-8-6-4-2/h12,14,30,33,50,54,59-60,64-65H,3-11,13,15-29,31-32,34-49,51-53,55-58H2,1-2H3,(H,63,66)/b14-12-,33-30-,54-50+. The largest absolute Gasteiger partial charge is 0.466 e. The highest BCUT2D eigenvalue weighted by Crippen LogP contribution is 2.17. The molecule has 0 saturated heterocycles. The second-order valence-electron chi connectivity index (χ2n) is 20.7. The van der Waals surface area contributed by atoms with E-state index in [0.717, 1.165) is 70.6 Å². The van der Waals surface area contributed by atoms with E-state index in [0.29, 0.717) is 19.4 Å². The summed E-state index contributed by atoms with van der Waals surface area (Å²) in [4.78, 5) is 24.5. The van der Waals surface area contributed by atoms with E-state index in [9.17, 15) is 19.8 Å². The Labute approximate surface area is 424 Å². The minimum Gasteiger partial charge on any atom is -0.466 e. The van der Waals surface area contributed by atoms with Gasteiger partial charge in [-0.05, 0) is 83.5 Å². The monoisotopic (exact) mass is 956 g/mol. The lowest BCUT2D eigenvalue weighted by Gasteiger charge is -2.20. The summed E-state index contributed by atoms with van der Waals surface area (Å²) in [5.74, 6) is -0.102. The number of rotatable bonds is 56. The third-order valence-electron chi connectivity index (χ3n) is 13.9. The summed E-state index contributed by atoms with van der Waals surface area (Å²) in [6, 6.07) is -0.641. The maximum absolute atomic E-state index is 12.5. The molecule has 0 aromatic rings. The van der Waals surface area contributed by atoms with Crippen molar-refractivity contribution in [1.29, 1.82) is 0 Å². The summed E-state index contributed by atoms with van der Waals surface area (Å²) in [6.45, 7) is 4.86. The van der Waals surface area contributed by atoms with Crippen LogP contribution in [0.1, 0.15) is 322 Å². The third-order valence-corrected chi connectivity index (χ3v) is 13.9. The maximum Gasteiger partial charge on any atom is 0.305 e. The number of aliphatic hydroxyl groups excluding tert-OH is 2. The normalized spacial score (nSPS) is 12.8. The molecule has 0 aliphatic carbocycles. The number of unbranched alkanes of at least 4 members (excludes halogenated alkanes) is 41. The first-order valence-corrected chi connectivity index (χ1v) is 30.3. The summed E-state index contributed by atoms with van der Waals surface area (Å²) in [7, 11) is 0. The Bertz CT molecular complexity index is 1100. The highest BCUT2D eigenvalue weighted by molar-refractivity contribution is 5.76. The average molecular weight is 957 g/mol. The Morgan fingerprint density at radius 2 is 0.691 bits per heavy atom. The molecular formula is C62H117NO5. The molecule has 0 aromatic carbocycles. The average Bonchev–Trinajstić information content (AvgIpc) is 3.34. The number of allylic oxidation sites excluding steroid dienone is 5. The SMILES string of the molecule is CCCCC/C=C\CCCCCCCC(=O)OCCCCCC/C=C\CCCCCCCCCC(=O)NC(CO)C(O)/C=C/CCCCCCCCCCCCCCCCCCCCCCCC. The first-order chi connectivity index (χ1) is 33.5. The first-order valence-electron chi connectivity index (χ1n) is 30.3. The van der Waals surface area contributed by atoms with Crippen molar-refractivity contribution in [2.75, 3.05) is 13.2 Å². The van der Waals surface area contributed by atoms with Crippen LogP contribution < -0.4 is 5.32 Å². The Morgan fingerprint density at radius 3 is 1.07 bits per heavy atom. The number of aliphatic hydroxyl groups is 2. The molecule has 2 atom stereocenters. The molecule has 1 amide bonds. The minimum absolute atomic E-state index is 0.0211. The number of amides is 1. The van der Waals surface area contributed by atoms with Crippen LogP contribution in [-0.4, -0.2) is 47.4 Å². The van der Waals surface area contributed by atoms with Crippen LogP contribution in [0.2, 0.25) is 0 Å². The zero-order valence-corrected chi connectivity index (χ0v) is 45.6. The number of carbonyl (C=O) groups is 2. The van der Waals surface area contributed by atoms with Crippen LogP contribution in [0.3, 0.4) is 0 Å². The zero-order valence-electron chi connectivity index (χ0n) is 45.6. The quantitative estimate of drug-likeness (QED) is 0.0321. The molecule has 6 nitrogen and oxygen atoms in total. The summed E-state index contributed by atoms with van der Waals surface area (Å²) in [5.41, 5.74) is 0. The number of carbonyl (C=O) groups excluding carboxylic acids is 2. The second-order valence-corrected chi connectivity index (χ2v) is 20.7. The van der Waals surface area contributed by atoms with Crippen LogP contribution in [0.25, 0.3) is 0 Å². The van der Waals surface area contributed by atoms with Gasteiger partial charge in [0.1, 0.15) is 0 Å². The summed E-state index contributed by atoms with van der Waals surface area (Å²) in [6.07, 6.45) is 71.8. The molecule has 2 unspecified atom stereocenters. The fourth-order valence-corrected chi connectivity index (χ4v) is 9.21. The summed E-state index contributed by atoms with van der Waals surface area (Å²) < 4.78 is 5.44. The maximum atomic E-state index is 12.5. The van der Waals surface area contributed by atoms with Gasteiger partial charge in [0.25, 0.3) is 0 Å². The van der Waals surface area contributed by atoms with E-state index < -0.39 is 12.1 Å². The predicted molar refractivity (Wildman–Crippen MR) is 296 cm³/mol. The molecule has 0 aromatic heterocycles. The van der Waals surface area contributed by atoms with Crippen molar-refractivity contribution in [3.63, 3.8) is 0 Å². The Balaban J connectivity index is 3.51. The van der Waals surface area contributed by atoms with Crippen LogP contribution in [-0.2, 0) is 14.3 Å². The fourth-order valence-electron chi connectivity index (χ4n) is 9.21. The first kappa shape index (κ1) is 66.1. The van der Waals surface area contributed by atoms with Crippen LogP contribution in [0.5, 0.6) is 0 Å². The van der Waals surface area contributed by atoms with Gasteiger partial charge in [0.2, 0.25) is 5.91 Å². The zero-order chi connectivity index (χ0) is 49.3. The Morgan fingerprint density at radius 1 is 0.397 bits per heavy atom. The molecule has 400 valence electrons. The van der Waals surface area contributed by atoms with E-state index in [-0.39, 0.29) is 18.5 Å². The summed E-state index contributed by atoms with van der Waals surface area (Å²) >= 11 is 0. The molecule has 0 heterocycles. The van der Waals surface area contributed by atoms with Gasteiger partial charge in [-0.2, -0.15) is 0 Å². The van der Waals surface area contributed by atoms with Crippen molar-refractivity contribution in [1.82, 2.24) is 5.32 Å². The molecule has 6 heteroatoms. The van der Waals surface area contributed by atoms with Gasteiger partial charge >= 0.3 is 5.97 Å². The molecule has 0 rings (SSSR count). The molecular weight excluding hydrogens is 839 g/mol. The van der Waals surface area contributed by atoms with E-state index in [4.69, 9.17) is 4.74 Å². The van der Waals surface area contributed by atoms with Crippen molar-refractivity contribution in [3.05, 3.63) is 36.5 Å². The van der Waals surface area contributed by atoms with Crippen molar-refractivity contribution in [2.24, 2.45) is 0 Å². The van der Waals surface area contributed by atoms with Crippen molar-refractivity contribution < 1.29 is 24.5 Å². The number of hydrogen-bond donors (Lipinski definition) is 3. The van der Waals surface area contributed by atoms with E-state index in [1.807, 2.05) is 6.08 Å². The molecule has 0 radical (unpaired) electrons. The third kappa shape index (κ3) is 53.4. The molecule has 0 spiro atoms. The van der Waals surface area contributed by atoms with E-state index in [1.54, 1.807) is 6.08 Å². The molecule has 0 bridgehead atoms. The lowest BCUT2D eigenvalue weighted by molar-refractivity contribution is -0.143. The molecule has 0 fully saturated rings. The Hall–Kier alpha value is -1.92.